The fourth-order valence-corrected chi connectivity index (χ4v) is 4.59. The number of benzene rings is 1. The van der Waals surface area contributed by atoms with Crippen molar-refractivity contribution in [1.29, 1.82) is 0 Å². The van der Waals surface area contributed by atoms with E-state index in [0.29, 0.717) is 11.6 Å². The molecule has 29 heavy (non-hydrogen) atoms. The van der Waals surface area contributed by atoms with Gasteiger partial charge in [0, 0.05) is 23.5 Å². The van der Waals surface area contributed by atoms with Crippen molar-refractivity contribution in [1.82, 2.24) is 15.3 Å². The first kappa shape index (κ1) is 20.0. The molecule has 7 nitrogen and oxygen atoms in total. The molecule has 3 heterocycles. The van der Waals surface area contributed by atoms with Crippen LogP contribution in [-0.4, -0.2) is 53.9 Å². The lowest BCUT2D eigenvalue weighted by molar-refractivity contribution is -0.181. The van der Waals surface area contributed by atoms with Gasteiger partial charge in [-0.25, -0.2) is 0 Å². The third-order valence-corrected chi connectivity index (χ3v) is 6.39. The van der Waals surface area contributed by atoms with Gasteiger partial charge >= 0.3 is 0 Å². The van der Waals surface area contributed by atoms with Crippen LogP contribution in [0.15, 0.2) is 41.8 Å². The molecule has 152 valence electrons. The van der Waals surface area contributed by atoms with Gasteiger partial charge in [0.2, 0.25) is 11.8 Å². The van der Waals surface area contributed by atoms with Crippen molar-refractivity contribution < 1.29 is 19.2 Å². The van der Waals surface area contributed by atoms with Gasteiger partial charge in [-0.1, -0.05) is 29.8 Å². The van der Waals surface area contributed by atoms with Crippen LogP contribution >= 0.6 is 22.9 Å². The second-order valence-electron chi connectivity index (χ2n) is 7.04. The number of nitrogens with one attached hydrogen (secondary N) is 1. The maximum Gasteiger partial charge on any atom is 0.261 e. The minimum absolute atomic E-state index is 0.0744. The summed E-state index contributed by atoms with van der Waals surface area (Å²) in [4.78, 5) is 45.6. The molecule has 1 N–H and O–H groups in total. The molecule has 3 atom stereocenters. The van der Waals surface area contributed by atoms with Crippen LogP contribution in [-0.2, 0) is 25.6 Å². The van der Waals surface area contributed by atoms with Crippen LogP contribution in [0.2, 0.25) is 5.02 Å². The SMILES string of the molecule is CN1C(=O)C2ON(CC(=O)NCCc3cccs3)C(c3ccc(Cl)cc3)C2C1=O. The molecule has 3 amide bonds. The van der Waals surface area contributed by atoms with Gasteiger partial charge in [-0.15, -0.1) is 11.3 Å². The molecule has 1 aromatic heterocycles. The molecule has 4 rings (SSSR count). The Kier molecular flexibility index (Phi) is 5.69. The van der Waals surface area contributed by atoms with Crippen LogP contribution in [0.5, 0.6) is 0 Å². The summed E-state index contributed by atoms with van der Waals surface area (Å²) in [5, 5.41) is 6.88. The zero-order valence-electron chi connectivity index (χ0n) is 15.7. The predicted molar refractivity (Wildman–Crippen MR) is 108 cm³/mol. The fourth-order valence-electron chi connectivity index (χ4n) is 3.75. The summed E-state index contributed by atoms with van der Waals surface area (Å²) in [6, 6.07) is 10.5. The average molecular weight is 434 g/mol. The van der Waals surface area contributed by atoms with Crippen molar-refractivity contribution in [3.63, 3.8) is 0 Å². The van der Waals surface area contributed by atoms with E-state index in [4.69, 9.17) is 16.4 Å². The van der Waals surface area contributed by atoms with Crippen LogP contribution in [0.25, 0.3) is 0 Å². The molecular weight excluding hydrogens is 414 g/mol. The first-order valence-electron chi connectivity index (χ1n) is 9.25. The highest BCUT2D eigenvalue weighted by atomic mass is 35.5. The lowest BCUT2D eigenvalue weighted by atomic mass is 9.91. The van der Waals surface area contributed by atoms with Gasteiger partial charge in [-0.3, -0.25) is 24.1 Å². The van der Waals surface area contributed by atoms with Crippen LogP contribution in [0.4, 0.5) is 0 Å². The van der Waals surface area contributed by atoms with Gasteiger partial charge in [0.05, 0.1) is 12.0 Å². The molecule has 0 spiro atoms. The number of hydrogen-bond donors (Lipinski definition) is 1. The zero-order valence-corrected chi connectivity index (χ0v) is 17.3. The molecule has 0 radical (unpaired) electrons. The predicted octanol–water partition coefficient (Wildman–Crippen LogP) is 2.03. The summed E-state index contributed by atoms with van der Waals surface area (Å²) in [7, 11) is 1.45. The number of hydroxylamine groups is 2. The standard InChI is InChI=1S/C20H20ClN3O4S/c1-23-19(26)16-17(12-4-6-13(21)7-5-12)24(28-18(16)20(23)27)11-15(25)22-9-8-14-3-2-10-29-14/h2-7,10,16-18H,8-9,11H2,1H3,(H,22,25). The Morgan fingerprint density at radius 2 is 1.97 bits per heavy atom. The smallest absolute Gasteiger partial charge is 0.261 e. The molecule has 2 fully saturated rings. The maximum absolute atomic E-state index is 12.7. The van der Waals surface area contributed by atoms with E-state index in [0.717, 1.165) is 16.9 Å². The molecular formula is C20H20ClN3O4S. The first-order chi connectivity index (χ1) is 14.0. The number of likely N-dealkylation sites (tertiary alicyclic amines) is 1. The van der Waals surface area contributed by atoms with Crippen LogP contribution in [0.1, 0.15) is 16.5 Å². The first-order valence-corrected chi connectivity index (χ1v) is 10.5. The Morgan fingerprint density at radius 1 is 1.21 bits per heavy atom. The number of thiophene rings is 1. The molecule has 0 aliphatic carbocycles. The monoisotopic (exact) mass is 433 g/mol. The molecule has 0 saturated carbocycles. The van der Waals surface area contributed by atoms with Crippen LogP contribution in [0.3, 0.4) is 0 Å². The molecule has 3 unspecified atom stereocenters. The molecule has 9 heteroatoms. The minimum atomic E-state index is -0.910. The quantitative estimate of drug-likeness (QED) is 0.705. The van der Waals surface area contributed by atoms with E-state index in [-0.39, 0.29) is 24.3 Å². The number of hydrogen-bond acceptors (Lipinski definition) is 6. The van der Waals surface area contributed by atoms with Crippen molar-refractivity contribution in [2.75, 3.05) is 20.1 Å². The van der Waals surface area contributed by atoms with E-state index in [2.05, 4.69) is 5.32 Å². The van der Waals surface area contributed by atoms with Gasteiger partial charge in [-0.05, 0) is 35.6 Å². The topological polar surface area (TPSA) is 79.0 Å². The number of fused-ring (bicyclic) bond motifs is 1. The minimum Gasteiger partial charge on any atom is -0.355 e. The Morgan fingerprint density at radius 3 is 2.66 bits per heavy atom. The average Bonchev–Trinajstić information content (AvgIpc) is 3.39. The van der Waals surface area contributed by atoms with Crippen molar-refractivity contribution in [3.8, 4) is 0 Å². The van der Waals surface area contributed by atoms with Crippen molar-refractivity contribution in [2.45, 2.75) is 18.6 Å². The summed E-state index contributed by atoms with van der Waals surface area (Å²) in [6.45, 7) is 0.432. The summed E-state index contributed by atoms with van der Waals surface area (Å²) >= 11 is 7.63. The number of halogens is 1. The Balaban J connectivity index is 1.48. The normalized spacial score (nSPS) is 24.2. The van der Waals surface area contributed by atoms with Gasteiger partial charge < -0.3 is 5.32 Å². The zero-order chi connectivity index (χ0) is 20.5. The number of carbonyl (C=O) groups is 3. The third kappa shape index (κ3) is 3.93. The Hall–Kier alpha value is -2.26. The van der Waals surface area contributed by atoms with Gasteiger partial charge in [0.15, 0.2) is 6.10 Å². The maximum atomic E-state index is 12.7. The van der Waals surface area contributed by atoms with Crippen LogP contribution in [0, 0.1) is 5.92 Å². The third-order valence-electron chi connectivity index (χ3n) is 5.20. The number of amides is 3. The fraction of sp³-hybridized carbons (Fsp3) is 0.350. The van der Waals surface area contributed by atoms with E-state index in [1.54, 1.807) is 35.6 Å². The highest BCUT2D eigenvalue weighted by molar-refractivity contribution is 7.09. The van der Waals surface area contributed by atoms with Gasteiger partial charge in [0.25, 0.3) is 5.91 Å². The molecule has 0 bridgehead atoms. The highest BCUT2D eigenvalue weighted by Gasteiger charge is 2.58. The van der Waals surface area contributed by atoms with E-state index in [1.165, 1.54) is 17.0 Å². The summed E-state index contributed by atoms with van der Waals surface area (Å²) < 4.78 is 0. The van der Waals surface area contributed by atoms with E-state index in [9.17, 15) is 14.4 Å². The largest absolute Gasteiger partial charge is 0.355 e. The lowest BCUT2D eigenvalue weighted by Gasteiger charge is -2.26. The van der Waals surface area contributed by atoms with Crippen molar-refractivity contribution in [2.24, 2.45) is 5.92 Å². The van der Waals surface area contributed by atoms with Crippen molar-refractivity contribution >= 4 is 40.7 Å². The van der Waals surface area contributed by atoms with Crippen molar-refractivity contribution in [3.05, 3.63) is 57.2 Å². The highest BCUT2D eigenvalue weighted by Crippen LogP contribution is 2.44. The van der Waals surface area contributed by atoms with Gasteiger partial charge in [-0.2, -0.15) is 5.06 Å². The molecule has 2 aliphatic heterocycles. The lowest BCUT2D eigenvalue weighted by Crippen LogP contribution is -2.40. The number of carbonyl (C=O) groups excluding carboxylic acids is 3. The van der Waals surface area contributed by atoms with Gasteiger partial charge in [0.1, 0.15) is 6.54 Å². The number of likely N-dealkylation sites (N-methyl/N-ethyl adjacent to an activating group) is 1. The number of nitrogens with zero attached hydrogens (tertiary/aromatic N) is 2. The molecule has 1 aromatic carbocycles. The van der Waals surface area contributed by atoms with E-state index >= 15 is 0 Å². The van der Waals surface area contributed by atoms with E-state index in [1.807, 2.05) is 17.5 Å². The van der Waals surface area contributed by atoms with E-state index < -0.39 is 18.1 Å². The number of imide groups is 1. The Bertz CT molecular complexity index is 918. The number of rotatable bonds is 6. The molecule has 2 saturated heterocycles. The second kappa shape index (κ2) is 8.23. The summed E-state index contributed by atoms with van der Waals surface area (Å²) in [6.07, 6.45) is -0.162. The summed E-state index contributed by atoms with van der Waals surface area (Å²) in [5.74, 6) is -1.61. The second-order valence-corrected chi connectivity index (χ2v) is 8.51. The van der Waals surface area contributed by atoms with Crippen LogP contribution < -0.4 is 5.32 Å². The molecule has 2 aliphatic rings. The molecule has 2 aromatic rings. The Labute approximate surface area is 177 Å². The summed E-state index contributed by atoms with van der Waals surface area (Å²) in [5.41, 5.74) is 0.768.